The van der Waals surface area contributed by atoms with E-state index in [-0.39, 0.29) is 30.2 Å². The summed E-state index contributed by atoms with van der Waals surface area (Å²) in [5.41, 5.74) is 1.50. The minimum Gasteiger partial charge on any atom is -0.489 e. The van der Waals surface area contributed by atoms with Gasteiger partial charge in [0, 0.05) is 24.6 Å². The van der Waals surface area contributed by atoms with Gasteiger partial charge < -0.3 is 14.5 Å². The molecule has 150 valence electrons. The SMILES string of the molecule is CCN(C)C1CCCC1Oc1ccc2c(c1)CN(C1CCC(=O)NC1=O)C2=O. The van der Waals surface area contributed by atoms with Crippen LogP contribution in [0.1, 0.15) is 54.9 Å². The molecule has 1 saturated carbocycles. The van der Waals surface area contributed by atoms with Crippen LogP contribution in [-0.4, -0.2) is 59.3 Å². The van der Waals surface area contributed by atoms with Crippen LogP contribution in [0.25, 0.3) is 0 Å². The molecule has 0 radical (unpaired) electrons. The molecule has 0 spiro atoms. The molecule has 1 aromatic rings. The normalized spacial score (nSPS) is 27.3. The summed E-state index contributed by atoms with van der Waals surface area (Å²) in [5.74, 6) is -0.0341. The molecule has 1 saturated heterocycles. The van der Waals surface area contributed by atoms with Crippen molar-refractivity contribution in [2.75, 3.05) is 13.6 Å². The molecule has 2 heterocycles. The summed E-state index contributed by atoms with van der Waals surface area (Å²) < 4.78 is 6.29. The van der Waals surface area contributed by atoms with Crippen molar-refractivity contribution in [3.05, 3.63) is 29.3 Å². The summed E-state index contributed by atoms with van der Waals surface area (Å²) in [6, 6.07) is 5.41. The average molecular weight is 385 g/mol. The minimum atomic E-state index is -0.584. The van der Waals surface area contributed by atoms with Gasteiger partial charge in [-0.1, -0.05) is 6.92 Å². The fraction of sp³-hybridized carbons (Fsp3) is 0.571. The molecule has 1 aromatic carbocycles. The highest BCUT2D eigenvalue weighted by Crippen LogP contribution is 2.32. The van der Waals surface area contributed by atoms with Crippen LogP contribution in [-0.2, 0) is 16.1 Å². The fourth-order valence-corrected chi connectivity index (χ4v) is 4.58. The van der Waals surface area contributed by atoms with E-state index in [9.17, 15) is 14.4 Å². The number of likely N-dealkylation sites (N-methyl/N-ethyl adjacent to an activating group) is 1. The first-order valence-corrected chi connectivity index (χ1v) is 10.1. The topological polar surface area (TPSA) is 79.0 Å². The first-order valence-electron chi connectivity index (χ1n) is 10.1. The summed E-state index contributed by atoms with van der Waals surface area (Å²) >= 11 is 0. The van der Waals surface area contributed by atoms with E-state index in [1.54, 1.807) is 11.0 Å². The molecule has 0 bridgehead atoms. The number of fused-ring (bicyclic) bond motifs is 1. The Hall–Kier alpha value is -2.41. The minimum absolute atomic E-state index is 0.152. The molecule has 1 N–H and O–H groups in total. The smallest absolute Gasteiger partial charge is 0.255 e. The van der Waals surface area contributed by atoms with Crippen LogP contribution in [0.5, 0.6) is 5.75 Å². The van der Waals surface area contributed by atoms with E-state index in [2.05, 4.69) is 24.2 Å². The zero-order chi connectivity index (χ0) is 19.8. The van der Waals surface area contributed by atoms with Crippen molar-refractivity contribution in [3.8, 4) is 5.75 Å². The van der Waals surface area contributed by atoms with Gasteiger partial charge in [0.2, 0.25) is 11.8 Å². The van der Waals surface area contributed by atoms with Crippen molar-refractivity contribution in [3.63, 3.8) is 0 Å². The number of rotatable bonds is 5. The number of carbonyl (C=O) groups is 3. The second-order valence-corrected chi connectivity index (χ2v) is 7.95. The number of hydrogen-bond donors (Lipinski definition) is 1. The van der Waals surface area contributed by atoms with Crippen molar-refractivity contribution in [1.82, 2.24) is 15.1 Å². The van der Waals surface area contributed by atoms with E-state index in [4.69, 9.17) is 4.74 Å². The number of carbonyl (C=O) groups excluding carboxylic acids is 3. The number of nitrogens with one attached hydrogen (secondary N) is 1. The maximum atomic E-state index is 12.8. The number of hydrogen-bond acceptors (Lipinski definition) is 5. The van der Waals surface area contributed by atoms with Gasteiger partial charge in [-0.05, 0) is 63.0 Å². The lowest BCUT2D eigenvalue weighted by molar-refractivity contribution is -0.136. The number of amides is 3. The first kappa shape index (κ1) is 18.9. The van der Waals surface area contributed by atoms with Gasteiger partial charge in [0.25, 0.3) is 5.91 Å². The summed E-state index contributed by atoms with van der Waals surface area (Å²) in [6.45, 7) is 3.52. The van der Waals surface area contributed by atoms with Crippen molar-refractivity contribution in [1.29, 1.82) is 0 Å². The molecule has 4 rings (SSSR count). The van der Waals surface area contributed by atoms with Crippen LogP contribution < -0.4 is 10.1 Å². The van der Waals surface area contributed by atoms with Crippen LogP contribution in [0.3, 0.4) is 0 Å². The van der Waals surface area contributed by atoms with Gasteiger partial charge in [-0.25, -0.2) is 0 Å². The van der Waals surface area contributed by atoms with E-state index < -0.39 is 6.04 Å². The Morgan fingerprint density at radius 3 is 2.79 bits per heavy atom. The lowest BCUT2D eigenvalue weighted by Crippen LogP contribution is -2.52. The third kappa shape index (κ3) is 3.39. The number of ether oxygens (including phenoxy) is 1. The molecule has 7 nitrogen and oxygen atoms in total. The van der Waals surface area contributed by atoms with Crippen LogP contribution in [0.15, 0.2) is 18.2 Å². The largest absolute Gasteiger partial charge is 0.489 e. The van der Waals surface area contributed by atoms with Gasteiger partial charge in [0.1, 0.15) is 17.9 Å². The predicted octanol–water partition coefficient (Wildman–Crippen LogP) is 1.70. The monoisotopic (exact) mass is 385 g/mol. The van der Waals surface area contributed by atoms with Gasteiger partial charge in [-0.15, -0.1) is 0 Å². The zero-order valence-corrected chi connectivity index (χ0v) is 16.4. The van der Waals surface area contributed by atoms with Crippen molar-refractivity contribution in [2.24, 2.45) is 0 Å². The lowest BCUT2D eigenvalue weighted by Gasteiger charge is -2.29. The molecule has 0 aromatic heterocycles. The van der Waals surface area contributed by atoms with Crippen LogP contribution in [0, 0.1) is 0 Å². The quantitative estimate of drug-likeness (QED) is 0.781. The highest BCUT2D eigenvalue weighted by Gasteiger charge is 2.39. The summed E-state index contributed by atoms with van der Waals surface area (Å²) in [6.07, 6.45) is 4.13. The number of benzene rings is 1. The molecular weight excluding hydrogens is 358 g/mol. The Bertz CT molecular complexity index is 809. The highest BCUT2D eigenvalue weighted by atomic mass is 16.5. The van der Waals surface area contributed by atoms with Gasteiger partial charge in [0.15, 0.2) is 0 Å². The van der Waals surface area contributed by atoms with Crippen molar-refractivity contribution >= 4 is 17.7 Å². The third-order valence-corrected chi connectivity index (χ3v) is 6.27. The fourth-order valence-electron chi connectivity index (χ4n) is 4.58. The first-order chi connectivity index (χ1) is 13.5. The third-order valence-electron chi connectivity index (χ3n) is 6.27. The standard InChI is InChI=1S/C21H27N3O4/c1-3-23(2)16-5-4-6-18(16)28-14-7-8-15-13(11-14)12-24(21(15)27)17-9-10-19(25)22-20(17)26/h7-8,11,16-18H,3-6,9-10,12H2,1-2H3,(H,22,25,26). The maximum Gasteiger partial charge on any atom is 0.255 e. The number of imide groups is 1. The predicted molar refractivity (Wildman–Crippen MR) is 103 cm³/mol. The lowest BCUT2D eigenvalue weighted by atomic mass is 10.0. The molecule has 3 amide bonds. The van der Waals surface area contributed by atoms with E-state index in [0.717, 1.165) is 37.1 Å². The van der Waals surface area contributed by atoms with Gasteiger partial charge in [-0.3, -0.25) is 19.7 Å². The molecule has 7 heteroatoms. The molecule has 3 unspecified atom stereocenters. The highest BCUT2D eigenvalue weighted by molar-refractivity contribution is 6.05. The molecule has 2 fully saturated rings. The Labute approximate surface area is 165 Å². The average Bonchev–Trinajstić information content (AvgIpc) is 3.26. The molecular formula is C21H27N3O4. The number of piperidine rings is 1. The van der Waals surface area contributed by atoms with Crippen molar-refractivity contribution in [2.45, 2.75) is 63.8 Å². The van der Waals surface area contributed by atoms with Crippen LogP contribution >= 0.6 is 0 Å². The van der Waals surface area contributed by atoms with Gasteiger partial charge in [0.05, 0.1) is 0 Å². The molecule has 1 aliphatic carbocycles. The Morgan fingerprint density at radius 2 is 2.04 bits per heavy atom. The van der Waals surface area contributed by atoms with Gasteiger partial charge in [-0.2, -0.15) is 0 Å². The van der Waals surface area contributed by atoms with Crippen molar-refractivity contribution < 1.29 is 19.1 Å². The molecule has 3 atom stereocenters. The zero-order valence-electron chi connectivity index (χ0n) is 16.4. The second kappa shape index (κ2) is 7.54. The second-order valence-electron chi connectivity index (χ2n) is 7.95. The summed E-state index contributed by atoms with van der Waals surface area (Å²) in [5, 5.41) is 2.33. The van der Waals surface area contributed by atoms with E-state index in [1.165, 1.54) is 0 Å². The molecule has 2 aliphatic heterocycles. The molecule has 3 aliphatic rings. The van der Waals surface area contributed by atoms with E-state index >= 15 is 0 Å². The Morgan fingerprint density at radius 1 is 1.21 bits per heavy atom. The van der Waals surface area contributed by atoms with Gasteiger partial charge >= 0.3 is 0 Å². The van der Waals surface area contributed by atoms with Crippen LogP contribution in [0.2, 0.25) is 0 Å². The van der Waals surface area contributed by atoms with E-state index in [1.807, 2.05) is 12.1 Å². The summed E-state index contributed by atoms with van der Waals surface area (Å²) in [7, 11) is 2.13. The number of nitrogens with zero attached hydrogens (tertiary/aromatic N) is 2. The Balaban J connectivity index is 1.48. The molecule has 28 heavy (non-hydrogen) atoms. The summed E-state index contributed by atoms with van der Waals surface area (Å²) in [4.78, 5) is 40.2. The van der Waals surface area contributed by atoms with E-state index in [0.29, 0.717) is 24.6 Å². The Kier molecular flexibility index (Phi) is 5.10. The van der Waals surface area contributed by atoms with Crippen LogP contribution in [0.4, 0.5) is 0 Å². The maximum absolute atomic E-state index is 12.8.